The third-order valence-electron chi connectivity index (χ3n) is 3.89. The molecule has 0 aliphatic carbocycles. The van der Waals surface area contributed by atoms with Crippen molar-refractivity contribution in [1.82, 2.24) is 15.2 Å². The van der Waals surface area contributed by atoms with Crippen molar-refractivity contribution >= 4 is 23.1 Å². The van der Waals surface area contributed by atoms with Gasteiger partial charge in [0.2, 0.25) is 0 Å². The van der Waals surface area contributed by atoms with E-state index in [4.69, 9.17) is 11.6 Å². The average Bonchev–Trinajstić information content (AvgIpc) is 3.02. The molecule has 122 valence electrons. The van der Waals surface area contributed by atoms with Crippen LogP contribution in [-0.2, 0) is 12.7 Å². The molecule has 1 aromatic carbocycles. The van der Waals surface area contributed by atoms with Crippen LogP contribution in [0.2, 0.25) is 5.02 Å². The number of hydrogen-bond donors (Lipinski definition) is 1. The number of hydrogen-bond acceptors (Lipinski definition) is 3. The van der Waals surface area contributed by atoms with E-state index >= 15 is 0 Å². The Bertz CT molecular complexity index is 920. The smallest absolute Gasteiger partial charge is 0.318 e. The Labute approximate surface area is 139 Å². The van der Waals surface area contributed by atoms with Crippen LogP contribution in [-0.4, -0.2) is 15.2 Å². The minimum absolute atomic E-state index is 0.215. The normalized spacial score (nSPS) is 13.6. The number of fused-ring (bicyclic) bond motifs is 3. The fourth-order valence-electron chi connectivity index (χ4n) is 2.79. The lowest BCUT2D eigenvalue weighted by Crippen LogP contribution is -2.24. The van der Waals surface area contributed by atoms with Gasteiger partial charge in [0.15, 0.2) is 0 Å². The highest BCUT2D eigenvalue weighted by molar-refractivity contribution is 6.33. The molecule has 2 aromatic heterocycles. The number of halogens is 4. The number of aromatic amines is 1. The van der Waals surface area contributed by atoms with Crippen LogP contribution >= 0.6 is 11.6 Å². The van der Waals surface area contributed by atoms with Gasteiger partial charge in [0, 0.05) is 11.1 Å². The van der Waals surface area contributed by atoms with Gasteiger partial charge in [-0.05, 0) is 24.3 Å². The van der Waals surface area contributed by atoms with Crippen LogP contribution < -0.4 is 4.90 Å². The second-order valence-electron chi connectivity index (χ2n) is 5.37. The molecule has 0 atom stereocenters. The van der Waals surface area contributed by atoms with Gasteiger partial charge < -0.3 is 4.90 Å². The van der Waals surface area contributed by atoms with Gasteiger partial charge in [0.25, 0.3) is 0 Å². The van der Waals surface area contributed by atoms with Gasteiger partial charge in [-0.3, -0.25) is 5.10 Å². The molecule has 0 spiro atoms. The second-order valence-corrected chi connectivity index (χ2v) is 5.77. The minimum atomic E-state index is -4.52. The molecule has 24 heavy (non-hydrogen) atoms. The average molecular weight is 351 g/mol. The van der Waals surface area contributed by atoms with Crippen LogP contribution in [0.4, 0.5) is 24.7 Å². The summed E-state index contributed by atoms with van der Waals surface area (Å²) in [5, 5.41) is 7.30. The van der Waals surface area contributed by atoms with Crippen LogP contribution in [0.5, 0.6) is 0 Å². The molecule has 1 N–H and O–H groups in total. The Kier molecular flexibility index (Phi) is 3.28. The van der Waals surface area contributed by atoms with Crippen LogP contribution in [0.1, 0.15) is 11.4 Å². The monoisotopic (exact) mass is 350 g/mol. The number of nitrogens with one attached hydrogen (secondary N) is 1. The summed E-state index contributed by atoms with van der Waals surface area (Å²) in [6.07, 6.45) is -2.93. The van der Waals surface area contributed by atoms with E-state index in [2.05, 4.69) is 15.2 Å². The third kappa shape index (κ3) is 2.32. The van der Waals surface area contributed by atoms with Gasteiger partial charge >= 0.3 is 6.18 Å². The predicted molar refractivity (Wildman–Crippen MR) is 84.1 cm³/mol. The Balaban J connectivity index is 1.95. The lowest BCUT2D eigenvalue weighted by molar-refractivity contribution is -0.141. The third-order valence-corrected chi connectivity index (χ3v) is 4.21. The number of rotatable bonds is 1. The number of pyridine rings is 1. The molecule has 1 aliphatic rings. The van der Waals surface area contributed by atoms with Gasteiger partial charge in [0.1, 0.15) is 11.5 Å². The maximum absolute atomic E-state index is 13.1. The number of benzene rings is 1. The number of alkyl halides is 3. The Morgan fingerprint density at radius 2 is 1.88 bits per heavy atom. The number of aromatic nitrogens is 3. The van der Waals surface area contributed by atoms with Gasteiger partial charge in [0.05, 0.1) is 29.1 Å². The van der Waals surface area contributed by atoms with Crippen molar-refractivity contribution in [2.45, 2.75) is 12.7 Å². The first kappa shape index (κ1) is 15.0. The maximum atomic E-state index is 13.1. The van der Waals surface area contributed by atoms with Crippen LogP contribution in [0.3, 0.4) is 0 Å². The fraction of sp³-hybridized carbons (Fsp3) is 0.125. The zero-order valence-corrected chi connectivity index (χ0v) is 12.9. The molecule has 0 fully saturated rings. The van der Waals surface area contributed by atoms with E-state index < -0.39 is 11.9 Å². The summed E-state index contributed by atoms with van der Waals surface area (Å²) < 4.78 is 39.2. The molecule has 0 radical (unpaired) electrons. The zero-order chi connectivity index (χ0) is 16.9. The molecular weight excluding hydrogens is 341 g/mol. The molecular formula is C16H10ClF3N4. The van der Waals surface area contributed by atoms with Crippen molar-refractivity contribution < 1.29 is 13.2 Å². The minimum Gasteiger partial charge on any atom is -0.318 e. The molecule has 0 unspecified atom stereocenters. The molecule has 0 saturated heterocycles. The van der Waals surface area contributed by atoms with Crippen molar-refractivity contribution in [2.24, 2.45) is 0 Å². The first-order valence-corrected chi connectivity index (χ1v) is 7.46. The van der Waals surface area contributed by atoms with E-state index in [0.29, 0.717) is 22.8 Å². The molecule has 1 aliphatic heterocycles. The van der Waals surface area contributed by atoms with E-state index in [0.717, 1.165) is 17.3 Å². The quantitative estimate of drug-likeness (QED) is 0.686. The molecule has 4 rings (SSSR count). The zero-order valence-electron chi connectivity index (χ0n) is 12.1. The second kappa shape index (κ2) is 5.24. The van der Waals surface area contributed by atoms with Crippen LogP contribution in [0.15, 0.2) is 42.6 Å². The molecule has 3 heterocycles. The lowest BCUT2D eigenvalue weighted by Gasteiger charge is -2.30. The Morgan fingerprint density at radius 1 is 1.08 bits per heavy atom. The van der Waals surface area contributed by atoms with Gasteiger partial charge in [-0.25, -0.2) is 4.98 Å². The number of para-hydroxylation sites is 1. The van der Waals surface area contributed by atoms with Crippen LogP contribution in [0, 0.1) is 0 Å². The summed E-state index contributed by atoms with van der Waals surface area (Å²) in [4.78, 5) is 5.52. The SMILES string of the molecule is FC(F)(F)c1ccc2c(n1)N(c1ccccc1Cl)Cc1[nH]ncc1-2. The van der Waals surface area contributed by atoms with E-state index in [1.165, 1.54) is 6.07 Å². The summed E-state index contributed by atoms with van der Waals surface area (Å²) in [6.45, 7) is 0.306. The molecule has 0 saturated carbocycles. The highest BCUT2D eigenvalue weighted by Crippen LogP contribution is 2.44. The summed E-state index contributed by atoms with van der Waals surface area (Å²) in [5.74, 6) is 0.215. The highest BCUT2D eigenvalue weighted by Gasteiger charge is 2.35. The molecule has 4 nitrogen and oxygen atoms in total. The van der Waals surface area contributed by atoms with Gasteiger partial charge in [-0.1, -0.05) is 23.7 Å². The van der Waals surface area contributed by atoms with Gasteiger partial charge in [-0.2, -0.15) is 18.3 Å². The van der Waals surface area contributed by atoms with E-state index in [1.54, 1.807) is 35.4 Å². The molecule has 3 aromatic rings. The number of H-pyrrole nitrogens is 1. The predicted octanol–water partition coefficient (Wildman–Crippen LogP) is 4.80. The summed E-state index contributed by atoms with van der Waals surface area (Å²) in [6, 6.07) is 9.37. The fourth-order valence-corrected chi connectivity index (χ4v) is 3.03. The largest absolute Gasteiger partial charge is 0.433 e. The molecule has 0 bridgehead atoms. The topological polar surface area (TPSA) is 44.8 Å². The van der Waals surface area contributed by atoms with Crippen molar-refractivity contribution in [3.63, 3.8) is 0 Å². The number of nitrogens with zero attached hydrogens (tertiary/aromatic N) is 3. The van der Waals surface area contributed by atoms with Crippen molar-refractivity contribution in [2.75, 3.05) is 4.90 Å². The van der Waals surface area contributed by atoms with Crippen molar-refractivity contribution in [3.05, 3.63) is 59.0 Å². The first-order chi connectivity index (χ1) is 11.4. The standard InChI is InChI=1S/C16H10ClF3N4/c17-11-3-1-2-4-13(11)24-8-12-10(7-21-23-12)9-5-6-14(16(18,19)20)22-15(9)24/h1-7H,8H2,(H,21,23). The van der Waals surface area contributed by atoms with Crippen LogP contribution in [0.25, 0.3) is 11.1 Å². The van der Waals surface area contributed by atoms with E-state index in [-0.39, 0.29) is 5.82 Å². The van der Waals surface area contributed by atoms with E-state index in [9.17, 15) is 13.2 Å². The maximum Gasteiger partial charge on any atom is 0.433 e. The van der Waals surface area contributed by atoms with Crippen molar-refractivity contribution in [1.29, 1.82) is 0 Å². The Morgan fingerprint density at radius 3 is 2.62 bits per heavy atom. The first-order valence-electron chi connectivity index (χ1n) is 7.08. The Hall–Kier alpha value is -2.54. The number of anilines is 2. The molecule has 8 heteroatoms. The summed E-state index contributed by atoms with van der Waals surface area (Å²) >= 11 is 6.24. The van der Waals surface area contributed by atoms with Crippen molar-refractivity contribution in [3.8, 4) is 11.1 Å². The summed E-state index contributed by atoms with van der Waals surface area (Å²) in [7, 11) is 0. The highest BCUT2D eigenvalue weighted by atomic mass is 35.5. The summed E-state index contributed by atoms with van der Waals surface area (Å²) in [5.41, 5.74) is 1.77. The lowest BCUT2D eigenvalue weighted by atomic mass is 10.0. The van der Waals surface area contributed by atoms with E-state index in [1.807, 2.05) is 0 Å². The van der Waals surface area contributed by atoms with Gasteiger partial charge in [-0.15, -0.1) is 0 Å². The molecule has 0 amide bonds.